The summed E-state index contributed by atoms with van der Waals surface area (Å²) < 4.78 is 5.02. The average molecular weight is 295 g/mol. The van der Waals surface area contributed by atoms with Gasteiger partial charge in [0.1, 0.15) is 16.0 Å². The number of hydrogen-bond acceptors (Lipinski definition) is 3. The van der Waals surface area contributed by atoms with E-state index in [1.54, 1.807) is 12.1 Å². The number of carbonyl (C=O) groups is 1. The zero-order chi connectivity index (χ0) is 13.0. The van der Waals surface area contributed by atoms with Gasteiger partial charge in [-0.15, -0.1) is 11.8 Å². The third-order valence-corrected chi connectivity index (χ3v) is 4.54. The van der Waals surface area contributed by atoms with Crippen LogP contribution in [0.15, 0.2) is 17.0 Å². The van der Waals surface area contributed by atoms with Crippen LogP contribution in [0.25, 0.3) is 0 Å². The molecule has 1 unspecified atom stereocenters. The Labute approximate surface area is 114 Å². The molecule has 1 N–H and O–H groups in total. The number of methoxy groups -OCH3 is 1. The Balaban J connectivity index is 3.00. The summed E-state index contributed by atoms with van der Waals surface area (Å²) in [7, 11) is 1.50. The second kappa shape index (κ2) is 6.38. The van der Waals surface area contributed by atoms with E-state index in [0.717, 1.165) is 0 Å². The molecule has 17 heavy (non-hydrogen) atoms. The van der Waals surface area contributed by atoms with Crippen LogP contribution in [0.3, 0.4) is 0 Å². The molecule has 0 aliphatic rings. The minimum Gasteiger partial charge on any atom is -0.495 e. The number of benzene rings is 1. The average Bonchev–Trinajstić information content (AvgIpc) is 2.30. The Morgan fingerprint density at radius 3 is 2.59 bits per heavy atom. The number of rotatable bonds is 5. The van der Waals surface area contributed by atoms with Gasteiger partial charge in [0.05, 0.1) is 12.1 Å². The Bertz CT molecular complexity index is 423. The van der Waals surface area contributed by atoms with Crippen LogP contribution in [0.4, 0.5) is 0 Å². The number of halogens is 2. The van der Waals surface area contributed by atoms with Crippen molar-refractivity contribution >= 4 is 40.9 Å². The van der Waals surface area contributed by atoms with Gasteiger partial charge in [-0.1, -0.05) is 30.1 Å². The molecule has 0 saturated heterocycles. The molecule has 0 spiro atoms. The van der Waals surface area contributed by atoms with Crippen LogP contribution in [-0.2, 0) is 4.79 Å². The van der Waals surface area contributed by atoms with E-state index in [2.05, 4.69) is 0 Å². The van der Waals surface area contributed by atoms with Gasteiger partial charge in [0.15, 0.2) is 0 Å². The van der Waals surface area contributed by atoms with E-state index in [4.69, 9.17) is 33.0 Å². The Morgan fingerprint density at radius 2 is 2.12 bits per heavy atom. The molecule has 1 aromatic rings. The lowest BCUT2D eigenvalue weighted by molar-refractivity contribution is -0.136. The van der Waals surface area contributed by atoms with Crippen LogP contribution >= 0.6 is 35.0 Å². The topological polar surface area (TPSA) is 46.5 Å². The molecular formula is C11H12Cl2O3S. The van der Waals surface area contributed by atoms with Gasteiger partial charge in [-0.25, -0.2) is 0 Å². The zero-order valence-electron chi connectivity index (χ0n) is 9.37. The summed E-state index contributed by atoms with van der Waals surface area (Å²) in [6.07, 6.45) is 0.514. The van der Waals surface area contributed by atoms with E-state index >= 15 is 0 Å². The monoisotopic (exact) mass is 294 g/mol. The van der Waals surface area contributed by atoms with Crippen molar-refractivity contribution in [2.75, 3.05) is 7.11 Å². The molecule has 0 saturated carbocycles. The highest BCUT2D eigenvalue weighted by atomic mass is 35.5. The molecule has 0 fully saturated rings. The smallest absolute Gasteiger partial charge is 0.316 e. The lowest BCUT2D eigenvalue weighted by Crippen LogP contribution is -2.14. The Kier molecular flexibility index (Phi) is 5.43. The van der Waals surface area contributed by atoms with Gasteiger partial charge in [0.25, 0.3) is 0 Å². The second-order valence-corrected chi connectivity index (χ2v) is 5.25. The van der Waals surface area contributed by atoms with E-state index in [-0.39, 0.29) is 0 Å². The number of carboxylic acid groups (broad SMARTS) is 1. The van der Waals surface area contributed by atoms with Crippen LogP contribution in [0, 0.1) is 0 Å². The normalized spacial score (nSPS) is 12.2. The molecule has 0 bridgehead atoms. The highest BCUT2D eigenvalue weighted by Crippen LogP contribution is 2.40. The SMILES string of the molecule is CCC(Sc1ccc(OC)c(Cl)c1Cl)C(=O)O. The van der Waals surface area contributed by atoms with Crippen LogP contribution in [-0.4, -0.2) is 23.4 Å². The van der Waals surface area contributed by atoms with Gasteiger partial charge in [-0.3, -0.25) is 4.79 Å². The van der Waals surface area contributed by atoms with Gasteiger partial charge in [-0.2, -0.15) is 0 Å². The van der Waals surface area contributed by atoms with Gasteiger partial charge >= 0.3 is 5.97 Å². The van der Waals surface area contributed by atoms with Crippen LogP contribution in [0.2, 0.25) is 10.0 Å². The first-order valence-electron chi connectivity index (χ1n) is 4.92. The van der Waals surface area contributed by atoms with E-state index in [1.807, 2.05) is 6.92 Å². The third-order valence-electron chi connectivity index (χ3n) is 2.15. The van der Waals surface area contributed by atoms with Crippen molar-refractivity contribution in [3.63, 3.8) is 0 Å². The fourth-order valence-corrected chi connectivity index (χ4v) is 2.74. The predicted molar refractivity (Wildman–Crippen MR) is 70.6 cm³/mol. The molecule has 3 nitrogen and oxygen atoms in total. The maximum Gasteiger partial charge on any atom is 0.316 e. The highest BCUT2D eigenvalue weighted by Gasteiger charge is 2.19. The van der Waals surface area contributed by atoms with E-state index in [9.17, 15) is 4.79 Å². The summed E-state index contributed by atoms with van der Waals surface area (Å²) in [6, 6.07) is 3.38. The van der Waals surface area contributed by atoms with Crippen molar-refractivity contribution in [2.45, 2.75) is 23.5 Å². The molecule has 0 aliphatic heterocycles. The summed E-state index contributed by atoms with van der Waals surface area (Å²) in [6.45, 7) is 1.81. The maximum atomic E-state index is 10.9. The van der Waals surface area contributed by atoms with Crippen LogP contribution < -0.4 is 4.74 Å². The lowest BCUT2D eigenvalue weighted by Gasteiger charge is -2.12. The standard InChI is InChI=1S/C11H12Cl2O3S/c1-3-7(11(14)15)17-8-5-4-6(16-2)9(12)10(8)13/h4-5,7H,3H2,1-2H3,(H,14,15). The lowest BCUT2D eigenvalue weighted by atomic mass is 10.3. The van der Waals surface area contributed by atoms with E-state index < -0.39 is 11.2 Å². The second-order valence-electron chi connectivity index (χ2n) is 3.25. The summed E-state index contributed by atoms with van der Waals surface area (Å²) in [5.74, 6) is -0.384. The first-order chi connectivity index (χ1) is 8.01. The molecule has 1 atom stereocenters. The molecule has 0 heterocycles. The van der Waals surface area contributed by atoms with Crippen LogP contribution in [0.5, 0.6) is 5.75 Å². The van der Waals surface area contributed by atoms with Gasteiger partial charge < -0.3 is 9.84 Å². The van der Waals surface area contributed by atoms with Crippen molar-refractivity contribution in [2.24, 2.45) is 0 Å². The summed E-state index contributed by atoms with van der Waals surface area (Å²) in [5, 5.41) is 9.08. The predicted octanol–water partition coefficient (Wildman–Crippen LogP) is 3.96. The van der Waals surface area contributed by atoms with E-state index in [0.29, 0.717) is 27.1 Å². The summed E-state index contributed by atoms with van der Waals surface area (Å²) in [4.78, 5) is 11.6. The Morgan fingerprint density at radius 1 is 1.47 bits per heavy atom. The van der Waals surface area contributed by atoms with Crippen molar-refractivity contribution in [1.29, 1.82) is 0 Å². The summed E-state index contributed by atoms with van der Waals surface area (Å²) >= 11 is 13.2. The molecule has 0 aromatic heterocycles. The number of hydrogen-bond donors (Lipinski definition) is 1. The van der Waals surface area contributed by atoms with Crippen molar-refractivity contribution < 1.29 is 14.6 Å². The molecule has 0 amide bonds. The van der Waals surface area contributed by atoms with Crippen molar-refractivity contribution in [3.8, 4) is 5.75 Å². The molecule has 94 valence electrons. The molecule has 0 radical (unpaired) electrons. The number of aliphatic carboxylic acids is 1. The number of carboxylic acids is 1. The highest BCUT2D eigenvalue weighted by molar-refractivity contribution is 8.00. The largest absolute Gasteiger partial charge is 0.495 e. The third kappa shape index (κ3) is 3.44. The molecule has 6 heteroatoms. The summed E-state index contributed by atoms with van der Waals surface area (Å²) in [5.41, 5.74) is 0. The van der Waals surface area contributed by atoms with Gasteiger partial charge in [0.2, 0.25) is 0 Å². The number of ether oxygens (including phenoxy) is 1. The fraction of sp³-hybridized carbons (Fsp3) is 0.364. The Hall–Kier alpha value is -0.580. The zero-order valence-corrected chi connectivity index (χ0v) is 11.7. The molecule has 0 aliphatic carbocycles. The van der Waals surface area contributed by atoms with Crippen LogP contribution in [0.1, 0.15) is 13.3 Å². The van der Waals surface area contributed by atoms with Crippen molar-refractivity contribution in [1.82, 2.24) is 0 Å². The number of thioether (sulfide) groups is 1. The molecule has 1 rings (SSSR count). The maximum absolute atomic E-state index is 10.9. The quantitative estimate of drug-likeness (QED) is 0.835. The minimum absolute atomic E-state index is 0.305. The minimum atomic E-state index is -0.861. The first kappa shape index (κ1) is 14.5. The first-order valence-corrected chi connectivity index (χ1v) is 6.56. The molecule has 1 aromatic carbocycles. The fourth-order valence-electron chi connectivity index (χ4n) is 1.22. The van der Waals surface area contributed by atoms with Gasteiger partial charge in [-0.05, 0) is 18.6 Å². The van der Waals surface area contributed by atoms with Gasteiger partial charge in [0, 0.05) is 4.90 Å². The van der Waals surface area contributed by atoms with Crippen molar-refractivity contribution in [3.05, 3.63) is 22.2 Å². The van der Waals surface area contributed by atoms with E-state index in [1.165, 1.54) is 18.9 Å². The molecular weight excluding hydrogens is 283 g/mol.